The van der Waals surface area contributed by atoms with Crippen LogP contribution in [0, 0.1) is 5.41 Å². The summed E-state index contributed by atoms with van der Waals surface area (Å²) in [5.74, 6) is 0. The van der Waals surface area contributed by atoms with Crippen molar-refractivity contribution in [2.24, 2.45) is 5.41 Å². The number of rotatable bonds is 5. The molecule has 1 aliphatic carbocycles. The van der Waals surface area contributed by atoms with E-state index in [1.165, 1.54) is 5.56 Å². The van der Waals surface area contributed by atoms with E-state index in [2.05, 4.69) is 56.4 Å². The van der Waals surface area contributed by atoms with Crippen LogP contribution in [0.2, 0.25) is 0 Å². The molecule has 2 nitrogen and oxygen atoms in total. The Morgan fingerprint density at radius 1 is 1.33 bits per heavy atom. The first kappa shape index (κ1) is 13.6. The fraction of sp³-hybridized carbons (Fsp3) is 0.625. The van der Waals surface area contributed by atoms with Gasteiger partial charge in [0.05, 0.1) is 6.10 Å². The zero-order chi connectivity index (χ0) is 13.2. The summed E-state index contributed by atoms with van der Waals surface area (Å²) in [6, 6.07) is 11.7. The molecule has 1 aromatic carbocycles. The third kappa shape index (κ3) is 2.45. The Balaban J connectivity index is 2.01. The quantitative estimate of drug-likeness (QED) is 0.859. The summed E-state index contributed by atoms with van der Waals surface area (Å²) in [4.78, 5) is 0. The highest BCUT2D eigenvalue weighted by Gasteiger charge is 2.48. The minimum Gasteiger partial charge on any atom is -0.381 e. The average molecular weight is 247 g/mol. The van der Waals surface area contributed by atoms with Gasteiger partial charge in [-0.05, 0) is 18.4 Å². The van der Waals surface area contributed by atoms with Crippen molar-refractivity contribution in [3.63, 3.8) is 0 Å². The van der Waals surface area contributed by atoms with Gasteiger partial charge in [0.2, 0.25) is 0 Å². The third-order valence-electron chi connectivity index (χ3n) is 4.47. The van der Waals surface area contributed by atoms with E-state index in [-0.39, 0.29) is 5.41 Å². The van der Waals surface area contributed by atoms with E-state index in [0.717, 1.165) is 12.8 Å². The van der Waals surface area contributed by atoms with Gasteiger partial charge in [0.1, 0.15) is 0 Å². The largest absolute Gasteiger partial charge is 0.381 e. The van der Waals surface area contributed by atoms with Crippen molar-refractivity contribution in [1.82, 2.24) is 5.32 Å². The van der Waals surface area contributed by atoms with Crippen LogP contribution in [0.4, 0.5) is 0 Å². The first-order valence-corrected chi connectivity index (χ1v) is 6.93. The van der Waals surface area contributed by atoms with E-state index in [4.69, 9.17) is 4.74 Å². The van der Waals surface area contributed by atoms with Gasteiger partial charge < -0.3 is 10.1 Å². The molecule has 0 radical (unpaired) electrons. The minimum atomic E-state index is 0.233. The lowest BCUT2D eigenvalue weighted by atomic mass is 9.64. The molecule has 1 aromatic rings. The van der Waals surface area contributed by atoms with Gasteiger partial charge in [-0.2, -0.15) is 0 Å². The second-order valence-electron chi connectivity index (χ2n) is 5.87. The molecule has 0 saturated heterocycles. The van der Waals surface area contributed by atoms with Crippen LogP contribution < -0.4 is 5.32 Å². The van der Waals surface area contributed by atoms with Crippen LogP contribution in [-0.2, 0) is 4.74 Å². The number of nitrogens with one attached hydrogen (secondary N) is 1. The minimum absolute atomic E-state index is 0.233. The molecule has 18 heavy (non-hydrogen) atoms. The Morgan fingerprint density at radius 2 is 2.00 bits per heavy atom. The molecule has 2 heteroatoms. The van der Waals surface area contributed by atoms with Gasteiger partial charge in [-0.3, -0.25) is 0 Å². The Kier molecular flexibility index (Phi) is 4.08. The fourth-order valence-corrected chi connectivity index (χ4v) is 2.95. The van der Waals surface area contributed by atoms with Crippen LogP contribution in [0.5, 0.6) is 0 Å². The summed E-state index contributed by atoms with van der Waals surface area (Å²) >= 11 is 0. The molecule has 0 heterocycles. The molecule has 1 saturated carbocycles. The topological polar surface area (TPSA) is 21.3 Å². The maximum absolute atomic E-state index is 5.51. The van der Waals surface area contributed by atoms with Gasteiger partial charge in [0, 0.05) is 24.6 Å². The molecule has 100 valence electrons. The van der Waals surface area contributed by atoms with Gasteiger partial charge in [0.25, 0.3) is 0 Å². The zero-order valence-corrected chi connectivity index (χ0v) is 11.9. The van der Waals surface area contributed by atoms with E-state index < -0.39 is 0 Å². The SMILES string of the molecule is CCC(NC1CC(OC)C1(C)C)c1ccccc1. The predicted octanol–water partition coefficient (Wildman–Crippen LogP) is 3.54. The summed E-state index contributed by atoms with van der Waals surface area (Å²) < 4.78 is 5.51. The molecular formula is C16H25NO. The summed E-state index contributed by atoms with van der Waals surface area (Å²) in [7, 11) is 1.82. The third-order valence-corrected chi connectivity index (χ3v) is 4.47. The first-order chi connectivity index (χ1) is 8.59. The number of benzene rings is 1. The Bertz CT molecular complexity index is 374. The normalized spacial score (nSPS) is 27.6. The lowest BCUT2D eigenvalue weighted by Gasteiger charge is -2.52. The van der Waals surface area contributed by atoms with E-state index in [0.29, 0.717) is 18.2 Å². The molecule has 0 bridgehead atoms. The second kappa shape index (κ2) is 5.41. The van der Waals surface area contributed by atoms with Crippen molar-refractivity contribution < 1.29 is 4.74 Å². The lowest BCUT2D eigenvalue weighted by Crippen LogP contribution is -2.61. The molecule has 0 aromatic heterocycles. The molecule has 0 spiro atoms. The van der Waals surface area contributed by atoms with Crippen molar-refractivity contribution in [2.45, 2.75) is 51.8 Å². The van der Waals surface area contributed by atoms with Crippen molar-refractivity contribution >= 4 is 0 Å². The maximum atomic E-state index is 5.51. The summed E-state index contributed by atoms with van der Waals surface area (Å²) in [5.41, 5.74) is 1.62. The number of ether oxygens (including phenoxy) is 1. The molecule has 1 fully saturated rings. The van der Waals surface area contributed by atoms with Crippen LogP contribution in [-0.4, -0.2) is 19.3 Å². The number of hydrogen-bond donors (Lipinski definition) is 1. The standard InChI is InChI=1S/C16H25NO/c1-5-13(12-9-7-6-8-10-12)17-14-11-15(18-4)16(14,2)3/h6-10,13-15,17H,5,11H2,1-4H3. The Labute approximate surface area is 111 Å². The van der Waals surface area contributed by atoms with Crippen LogP contribution in [0.25, 0.3) is 0 Å². The molecule has 3 unspecified atom stereocenters. The van der Waals surface area contributed by atoms with E-state index in [9.17, 15) is 0 Å². The van der Waals surface area contributed by atoms with Crippen LogP contribution in [0.1, 0.15) is 45.2 Å². The van der Waals surface area contributed by atoms with Crippen molar-refractivity contribution in [2.75, 3.05) is 7.11 Å². The highest BCUT2D eigenvalue weighted by molar-refractivity contribution is 5.19. The molecule has 3 atom stereocenters. The Hall–Kier alpha value is -0.860. The van der Waals surface area contributed by atoms with Crippen molar-refractivity contribution in [3.05, 3.63) is 35.9 Å². The van der Waals surface area contributed by atoms with E-state index in [1.54, 1.807) is 0 Å². The highest BCUT2D eigenvalue weighted by atomic mass is 16.5. The summed E-state index contributed by atoms with van der Waals surface area (Å²) in [5, 5.41) is 3.79. The monoisotopic (exact) mass is 247 g/mol. The van der Waals surface area contributed by atoms with Crippen LogP contribution in [0.15, 0.2) is 30.3 Å². The fourth-order valence-electron chi connectivity index (χ4n) is 2.95. The Morgan fingerprint density at radius 3 is 2.50 bits per heavy atom. The summed E-state index contributed by atoms with van der Waals surface area (Å²) in [6.45, 7) is 6.82. The van der Waals surface area contributed by atoms with E-state index >= 15 is 0 Å². The predicted molar refractivity (Wildman–Crippen MR) is 75.6 cm³/mol. The average Bonchev–Trinajstić information content (AvgIpc) is 2.39. The lowest BCUT2D eigenvalue weighted by molar-refractivity contribution is -0.100. The van der Waals surface area contributed by atoms with Gasteiger partial charge in [0.15, 0.2) is 0 Å². The van der Waals surface area contributed by atoms with Gasteiger partial charge >= 0.3 is 0 Å². The summed E-state index contributed by atoms with van der Waals surface area (Å²) in [6.07, 6.45) is 2.63. The molecular weight excluding hydrogens is 222 g/mol. The first-order valence-electron chi connectivity index (χ1n) is 6.93. The molecule has 2 rings (SSSR count). The van der Waals surface area contributed by atoms with Gasteiger partial charge in [-0.1, -0.05) is 51.1 Å². The molecule has 0 aliphatic heterocycles. The highest BCUT2D eigenvalue weighted by Crippen LogP contribution is 2.43. The zero-order valence-electron chi connectivity index (χ0n) is 11.9. The molecule has 1 aliphatic rings. The van der Waals surface area contributed by atoms with Crippen molar-refractivity contribution in [1.29, 1.82) is 0 Å². The maximum Gasteiger partial charge on any atom is 0.0652 e. The molecule has 0 amide bonds. The van der Waals surface area contributed by atoms with E-state index in [1.807, 2.05) is 7.11 Å². The number of methoxy groups -OCH3 is 1. The van der Waals surface area contributed by atoms with Gasteiger partial charge in [-0.15, -0.1) is 0 Å². The van der Waals surface area contributed by atoms with Crippen LogP contribution >= 0.6 is 0 Å². The number of hydrogen-bond acceptors (Lipinski definition) is 2. The van der Waals surface area contributed by atoms with Crippen molar-refractivity contribution in [3.8, 4) is 0 Å². The smallest absolute Gasteiger partial charge is 0.0652 e. The van der Waals surface area contributed by atoms with Crippen LogP contribution in [0.3, 0.4) is 0 Å². The van der Waals surface area contributed by atoms with Gasteiger partial charge in [-0.25, -0.2) is 0 Å². The second-order valence-corrected chi connectivity index (χ2v) is 5.87. The molecule has 1 N–H and O–H groups in total.